The summed E-state index contributed by atoms with van der Waals surface area (Å²) in [5.41, 5.74) is 1.26. The molecule has 4 rings (SSSR count). The van der Waals surface area contributed by atoms with Crippen LogP contribution in [0, 0.1) is 6.92 Å². The maximum atomic E-state index is 5.68. The van der Waals surface area contributed by atoms with Crippen LogP contribution in [0.4, 0.5) is 0 Å². The summed E-state index contributed by atoms with van der Waals surface area (Å²) >= 11 is 0. The van der Waals surface area contributed by atoms with E-state index in [0.717, 1.165) is 44.2 Å². The van der Waals surface area contributed by atoms with Crippen LogP contribution in [0.5, 0.6) is 11.5 Å². The van der Waals surface area contributed by atoms with Gasteiger partial charge in [-0.05, 0) is 31.5 Å². The van der Waals surface area contributed by atoms with Gasteiger partial charge in [-0.25, -0.2) is 0 Å². The van der Waals surface area contributed by atoms with Gasteiger partial charge in [0.05, 0.1) is 6.04 Å². The molecule has 1 saturated heterocycles. The van der Waals surface area contributed by atoms with Crippen molar-refractivity contribution in [1.29, 1.82) is 0 Å². The average Bonchev–Trinajstić information content (AvgIpc) is 3.08. The molecule has 1 aromatic carbocycles. The van der Waals surface area contributed by atoms with E-state index in [-0.39, 0.29) is 6.04 Å². The standard InChI is InChI=1S/C18H24N4O3/c1-13(18-19-14(2)20-25-18)22-7-5-21(6-8-22)12-15-3-4-16-17(11-15)24-10-9-23-16/h3-4,11,13H,5-10,12H2,1-2H3. The van der Waals surface area contributed by atoms with Gasteiger partial charge >= 0.3 is 0 Å². The van der Waals surface area contributed by atoms with E-state index >= 15 is 0 Å². The summed E-state index contributed by atoms with van der Waals surface area (Å²) in [6, 6.07) is 6.41. The predicted octanol–water partition coefficient (Wildman–Crippen LogP) is 2.03. The van der Waals surface area contributed by atoms with Gasteiger partial charge in [0, 0.05) is 32.7 Å². The largest absolute Gasteiger partial charge is 0.486 e. The smallest absolute Gasteiger partial charge is 0.243 e. The fourth-order valence-electron chi connectivity index (χ4n) is 3.39. The van der Waals surface area contributed by atoms with Crippen molar-refractivity contribution in [1.82, 2.24) is 19.9 Å². The number of benzene rings is 1. The lowest BCUT2D eigenvalue weighted by atomic mass is 10.1. The molecule has 1 unspecified atom stereocenters. The number of hydrogen-bond acceptors (Lipinski definition) is 7. The molecule has 0 radical (unpaired) electrons. The van der Waals surface area contributed by atoms with E-state index in [1.807, 2.05) is 13.0 Å². The molecule has 0 amide bonds. The number of aromatic nitrogens is 2. The highest BCUT2D eigenvalue weighted by atomic mass is 16.6. The summed E-state index contributed by atoms with van der Waals surface area (Å²) in [6.45, 7) is 10.2. The molecule has 7 heteroatoms. The first-order valence-electron chi connectivity index (χ1n) is 8.84. The Morgan fingerprint density at radius 1 is 1.08 bits per heavy atom. The van der Waals surface area contributed by atoms with Gasteiger partial charge in [-0.3, -0.25) is 9.80 Å². The molecular formula is C18H24N4O3. The van der Waals surface area contributed by atoms with Crippen molar-refractivity contribution in [3.05, 3.63) is 35.5 Å². The Balaban J connectivity index is 1.33. The van der Waals surface area contributed by atoms with Gasteiger partial charge in [0.1, 0.15) is 13.2 Å². The topological polar surface area (TPSA) is 63.9 Å². The van der Waals surface area contributed by atoms with Crippen LogP contribution in [0.1, 0.15) is 30.2 Å². The van der Waals surface area contributed by atoms with E-state index in [9.17, 15) is 0 Å². The maximum absolute atomic E-state index is 5.68. The quantitative estimate of drug-likeness (QED) is 0.841. The van der Waals surface area contributed by atoms with Crippen molar-refractivity contribution >= 4 is 0 Å². The van der Waals surface area contributed by atoms with Crippen LogP contribution in [0.2, 0.25) is 0 Å². The molecule has 1 fully saturated rings. The molecule has 1 aromatic heterocycles. The summed E-state index contributed by atoms with van der Waals surface area (Å²) in [4.78, 5) is 9.22. The van der Waals surface area contributed by atoms with Crippen LogP contribution in [0.3, 0.4) is 0 Å². The van der Waals surface area contributed by atoms with Gasteiger partial charge in [-0.1, -0.05) is 11.2 Å². The number of rotatable bonds is 4. The number of nitrogens with zero attached hydrogens (tertiary/aromatic N) is 4. The Morgan fingerprint density at radius 3 is 2.56 bits per heavy atom. The fourth-order valence-corrected chi connectivity index (χ4v) is 3.39. The Hall–Kier alpha value is -2.12. The molecule has 2 aliphatic heterocycles. The number of hydrogen-bond donors (Lipinski definition) is 0. The summed E-state index contributed by atoms with van der Waals surface area (Å²) in [5, 5.41) is 3.89. The van der Waals surface area contributed by atoms with Crippen LogP contribution in [-0.4, -0.2) is 59.3 Å². The first-order chi connectivity index (χ1) is 12.2. The van der Waals surface area contributed by atoms with E-state index in [2.05, 4.69) is 39.0 Å². The fraction of sp³-hybridized carbons (Fsp3) is 0.556. The Labute approximate surface area is 147 Å². The van der Waals surface area contributed by atoms with Gasteiger partial charge < -0.3 is 14.0 Å². The molecule has 0 spiro atoms. The van der Waals surface area contributed by atoms with E-state index in [1.165, 1.54) is 5.56 Å². The number of ether oxygens (including phenoxy) is 2. The highest BCUT2D eigenvalue weighted by Crippen LogP contribution is 2.31. The normalized spacial score (nSPS) is 19.8. The van der Waals surface area contributed by atoms with Crippen molar-refractivity contribution in [2.75, 3.05) is 39.4 Å². The summed E-state index contributed by atoms with van der Waals surface area (Å²) in [7, 11) is 0. The van der Waals surface area contributed by atoms with Crippen LogP contribution in [0.25, 0.3) is 0 Å². The molecule has 2 aromatic rings. The van der Waals surface area contributed by atoms with Crippen LogP contribution >= 0.6 is 0 Å². The zero-order valence-corrected chi connectivity index (χ0v) is 14.8. The SMILES string of the molecule is Cc1noc(C(C)N2CCN(Cc3ccc4c(c3)OCCO4)CC2)n1. The number of aryl methyl sites for hydroxylation is 1. The maximum Gasteiger partial charge on any atom is 0.243 e. The lowest BCUT2D eigenvalue weighted by Gasteiger charge is -2.36. The molecule has 3 heterocycles. The van der Waals surface area contributed by atoms with Crippen LogP contribution in [0.15, 0.2) is 22.7 Å². The van der Waals surface area contributed by atoms with Gasteiger partial charge in [0.25, 0.3) is 0 Å². The second-order valence-corrected chi connectivity index (χ2v) is 6.65. The molecule has 0 saturated carbocycles. The van der Waals surface area contributed by atoms with Gasteiger partial charge in [-0.2, -0.15) is 4.98 Å². The molecule has 1 atom stereocenters. The zero-order chi connectivity index (χ0) is 17.2. The summed E-state index contributed by atoms with van der Waals surface area (Å²) in [5.74, 6) is 3.11. The highest BCUT2D eigenvalue weighted by molar-refractivity contribution is 5.43. The molecule has 7 nitrogen and oxygen atoms in total. The minimum atomic E-state index is 0.164. The summed E-state index contributed by atoms with van der Waals surface area (Å²) < 4.78 is 16.6. The summed E-state index contributed by atoms with van der Waals surface area (Å²) in [6.07, 6.45) is 0. The Bertz CT molecular complexity index is 725. The third-order valence-corrected chi connectivity index (χ3v) is 4.87. The van der Waals surface area contributed by atoms with E-state index in [4.69, 9.17) is 14.0 Å². The first-order valence-corrected chi connectivity index (χ1v) is 8.84. The van der Waals surface area contributed by atoms with Crippen LogP contribution < -0.4 is 9.47 Å². The minimum Gasteiger partial charge on any atom is -0.486 e. The van der Waals surface area contributed by atoms with Crippen molar-refractivity contribution in [2.24, 2.45) is 0 Å². The molecule has 134 valence electrons. The second kappa shape index (κ2) is 7.01. The van der Waals surface area contributed by atoms with E-state index in [0.29, 0.717) is 24.9 Å². The molecule has 2 aliphatic rings. The number of fused-ring (bicyclic) bond motifs is 1. The van der Waals surface area contributed by atoms with Crippen molar-refractivity contribution in [3.63, 3.8) is 0 Å². The lowest BCUT2D eigenvalue weighted by molar-refractivity contribution is 0.0844. The first kappa shape index (κ1) is 16.4. The number of piperazine rings is 1. The molecule has 25 heavy (non-hydrogen) atoms. The average molecular weight is 344 g/mol. The van der Waals surface area contributed by atoms with Crippen LogP contribution in [-0.2, 0) is 6.54 Å². The van der Waals surface area contributed by atoms with Gasteiger partial charge in [-0.15, -0.1) is 0 Å². The minimum absolute atomic E-state index is 0.164. The molecular weight excluding hydrogens is 320 g/mol. The van der Waals surface area contributed by atoms with Gasteiger partial charge in [0.15, 0.2) is 17.3 Å². The van der Waals surface area contributed by atoms with E-state index < -0.39 is 0 Å². The van der Waals surface area contributed by atoms with Crippen molar-refractivity contribution < 1.29 is 14.0 Å². The highest BCUT2D eigenvalue weighted by Gasteiger charge is 2.25. The Morgan fingerprint density at radius 2 is 1.84 bits per heavy atom. The lowest BCUT2D eigenvalue weighted by Crippen LogP contribution is -2.46. The third-order valence-electron chi connectivity index (χ3n) is 4.87. The Kier molecular flexibility index (Phi) is 4.59. The third kappa shape index (κ3) is 3.62. The van der Waals surface area contributed by atoms with Crippen molar-refractivity contribution in [3.8, 4) is 11.5 Å². The molecule has 0 aliphatic carbocycles. The van der Waals surface area contributed by atoms with Crippen molar-refractivity contribution in [2.45, 2.75) is 26.4 Å². The van der Waals surface area contributed by atoms with Gasteiger partial charge in [0.2, 0.25) is 5.89 Å². The molecule has 0 bridgehead atoms. The monoisotopic (exact) mass is 344 g/mol. The second-order valence-electron chi connectivity index (χ2n) is 6.65. The predicted molar refractivity (Wildman–Crippen MR) is 91.7 cm³/mol. The zero-order valence-electron chi connectivity index (χ0n) is 14.8. The molecule has 0 N–H and O–H groups in total. The van der Waals surface area contributed by atoms with E-state index in [1.54, 1.807) is 0 Å².